The zero-order valence-corrected chi connectivity index (χ0v) is 14.3. The molecular formula is C14H19BrN2O3S. The Morgan fingerprint density at radius 3 is 2.67 bits per heavy atom. The SMILES string of the molecule is CCCS(=O)(=O)N1CCCC1C(=O)Nc1ccc(Br)cc1. The zero-order valence-electron chi connectivity index (χ0n) is 11.9. The fourth-order valence-corrected chi connectivity index (χ4v) is 4.48. The van der Waals surface area contributed by atoms with Gasteiger partial charge in [-0.3, -0.25) is 4.79 Å². The van der Waals surface area contributed by atoms with Crippen LogP contribution in [0.2, 0.25) is 0 Å². The number of nitrogens with one attached hydrogen (secondary N) is 1. The molecule has 7 heteroatoms. The second kappa shape index (κ2) is 6.89. The van der Waals surface area contributed by atoms with Gasteiger partial charge in [-0.2, -0.15) is 4.31 Å². The lowest BCUT2D eigenvalue weighted by Gasteiger charge is -2.23. The number of nitrogens with zero attached hydrogens (tertiary/aromatic N) is 1. The van der Waals surface area contributed by atoms with Crippen LogP contribution >= 0.6 is 15.9 Å². The van der Waals surface area contributed by atoms with Crippen LogP contribution in [0.25, 0.3) is 0 Å². The molecule has 5 nitrogen and oxygen atoms in total. The molecule has 0 aromatic heterocycles. The molecule has 1 N–H and O–H groups in total. The van der Waals surface area contributed by atoms with Crippen molar-refractivity contribution in [2.75, 3.05) is 17.6 Å². The summed E-state index contributed by atoms with van der Waals surface area (Å²) in [6.45, 7) is 2.26. The molecule has 1 aromatic carbocycles. The molecule has 0 bridgehead atoms. The average molecular weight is 375 g/mol. The van der Waals surface area contributed by atoms with Crippen LogP contribution in [0.4, 0.5) is 5.69 Å². The lowest BCUT2D eigenvalue weighted by atomic mass is 10.2. The van der Waals surface area contributed by atoms with Gasteiger partial charge in [-0.1, -0.05) is 22.9 Å². The Morgan fingerprint density at radius 1 is 1.38 bits per heavy atom. The van der Waals surface area contributed by atoms with Gasteiger partial charge in [0.15, 0.2) is 0 Å². The summed E-state index contributed by atoms with van der Waals surface area (Å²) in [7, 11) is -3.34. The van der Waals surface area contributed by atoms with Gasteiger partial charge >= 0.3 is 0 Å². The van der Waals surface area contributed by atoms with E-state index in [1.165, 1.54) is 4.31 Å². The van der Waals surface area contributed by atoms with Gasteiger partial charge in [-0.15, -0.1) is 0 Å². The normalized spacial score (nSPS) is 19.6. The minimum atomic E-state index is -3.34. The molecule has 1 heterocycles. The molecule has 1 saturated heterocycles. The van der Waals surface area contributed by atoms with E-state index in [0.29, 0.717) is 25.1 Å². The summed E-state index contributed by atoms with van der Waals surface area (Å²) in [6.07, 6.45) is 1.85. The molecule has 1 amide bonds. The van der Waals surface area contributed by atoms with Crippen molar-refractivity contribution in [1.82, 2.24) is 4.31 Å². The van der Waals surface area contributed by atoms with Gasteiger partial charge in [-0.25, -0.2) is 8.42 Å². The maximum atomic E-state index is 12.3. The summed E-state index contributed by atoms with van der Waals surface area (Å²) >= 11 is 3.33. The molecule has 0 saturated carbocycles. The van der Waals surface area contributed by atoms with Crippen molar-refractivity contribution in [1.29, 1.82) is 0 Å². The van der Waals surface area contributed by atoms with Crippen LogP contribution in [-0.4, -0.2) is 37.0 Å². The van der Waals surface area contributed by atoms with Crippen LogP contribution in [-0.2, 0) is 14.8 Å². The van der Waals surface area contributed by atoms with Crippen LogP contribution in [0, 0.1) is 0 Å². The molecular weight excluding hydrogens is 356 g/mol. The fraction of sp³-hybridized carbons (Fsp3) is 0.500. The van der Waals surface area contributed by atoms with E-state index >= 15 is 0 Å². The number of halogens is 1. The maximum absolute atomic E-state index is 12.3. The van der Waals surface area contributed by atoms with Crippen molar-refractivity contribution in [2.45, 2.75) is 32.2 Å². The van der Waals surface area contributed by atoms with Gasteiger partial charge in [0.2, 0.25) is 15.9 Å². The second-order valence-corrected chi connectivity index (χ2v) is 8.04. The predicted octanol–water partition coefficient (Wildman–Crippen LogP) is 2.59. The monoisotopic (exact) mass is 374 g/mol. The van der Waals surface area contributed by atoms with Crippen LogP contribution in [0.15, 0.2) is 28.7 Å². The standard InChI is InChI=1S/C14H19BrN2O3S/c1-2-10-21(19,20)17-9-3-4-13(17)14(18)16-12-7-5-11(15)6-8-12/h5-8,13H,2-4,9-10H2,1H3,(H,16,18). The Labute approximate surface area is 133 Å². The Kier molecular flexibility index (Phi) is 5.40. The lowest BCUT2D eigenvalue weighted by molar-refractivity contribution is -0.119. The molecule has 1 atom stereocenters. The van der Waals surface area contributed by atoms with Gasteiger partial charge in [-0.05, 0) is 43.5 Å². The van der Waals surface area contributed by atoms with Gasteiger partial charge in [0.1, 0.15) is 6.04 Å². The third-order valence-electron chi connectivity index (χ3n) is 3.44. The summed E-state index contributed by atoms with van der Waals surface area (Å²) < 4.78 is 26.6. The van der Waals surface area contributed by atoms with E-state index in [9.17, 15) is 13.2 Å². The van der Waals surface area contributed by atoms with E-state index in [1.807, 2.05) is 19.1 Å². The topological polar surface area (TPSA) is 66.5 Å². The number of sulfonamides is 1. The molecule has 1 aliphatic rings. The quantitative estimate of drug-likeness (QED) is 0.860. The van der Waals surface area contributed by atoms with Gasteiger partial charge in [0, 0.05) is 16.7 Å². The summed E-state index contributed by atoms with van der Waals surface area (Å²) in [5.74, 6) is -0.163. The fourth-order valence-electron chi connectivity index (χ4n) is 2.47. The highest BCUT2D eigenvalue weighted by Gasteiger charge is 2.37. The van der Waals surface area contributed by atoms with Gasteiger partial charge < -0.3 is 5.32 Å². The third kappa shape index (κ3) is 4.05. The maximum Gasteiger partial charge on any atom is 0.242 e. The first-order valence-electron chi connectivity index (χ1n) is 7.00. The number of benzene rings is 1. The summed E-state index contributed by atoms with van der Waals surface area (Å²) in [4.78, 5) is 12.3. The smallest absolute Gasteiger partial charge is 0.242 e. The first-order valence-corrected chi connectivity index (χ1v) is 9.40. The molecule has 2 rings (SSSR count). The second-order valence-electron chi connectivity index (χ2n) is 5.08. The molecule has 0 aliphatic carbocycles. The van der Waals surface area contributed by atoms with Crippen LogP contribution in [0.1, 0.15) is 26.2 Å². The molecule has 21 heavy (non-hydrogen) atoms. The minimum absolute atomic E-state index is 0.0923. The highest BCUT2D eigenvalue weighted by molar-refractivity contribution is 9.10. The van der Waals surface area contributed by atoms with E-state index in [0.717, 1.165) is 10.9 Å². The molecule has 1 fully saturated rings. The van der Waals surface area contributed by atoms with Crippen molar-refractivity contribution in [3.05, 3.63) is 28.7 Å². The first-order chi connectivity index (χ1) is 9.94. The van der Waals surface area contributed by atoms with Gasteiger partial charge in [0.05, 0.1) is 5.75 Å². The average Bonchev–Trinajstić information content (AvgIpc) is 2.91. The van der Waals surface area contributed by atoms with E-state index in [4.69, 9.17) is 0 Å². The molecule has 1 unspecified atom stereocenters. The number of amides is 1. The molecule has 0 spiro atoms. The van der Waals surface area contributed by atoms with Crippen molar-refractivity contribution < 1.29 is 13.2 Å². The van der Waals surface area contributed by atoms with Crippen LogP contribution in [0.3, 0.4) is 0 Å². The van der Waals surface area contributed by atoms with Crippen LogP contribution < -0.4 is 5.32 Å². The van der Waals surface area contributed by atoms with E-state index in [1.54, 1.807) is 12.1 Å². The number of hydrogen-bond donors (Lipinski definition) is 1. The highest BCUT2D eigenvalue weighted by Crippen LogP contribution is 2.23. The number of rotatable bonds is 5. The molecule has 0 radical (unpaired) electrons. The zero-order chi connectivity index (χ0) is 15.5. The Morgan fingerprint density at radius 2 is 2.05 bits per heavy atom. The van der Waals surface area contributed by atoms with E-state index in [-0.39, 0.29) is 11.7 Å². The van der Waals surface area contributed by atoms with Crippen molar-refractivity contribution in [2.24, 2.45) is 0 Å². The molecule has 1 aliphatic heterocycles. The molecule has 1 aromatic rings. The minimum Gasteiger partial charge on any atom is -0.325 e. The number of carbonyl (C=O) groups excluding carboxylic acids is 1. The largest absolute Gasteiger partial charge is 0.325 e. The van der Waals surface area contributed by atoms with Crippen molar-refractivity contribution in [3.8, 4) is 0 Å². The number of anilines is 1. The number of hydrogen-bond acceptors (Lipinski definition) is 3. The Hall–Kier alpha value is -0.920. The van der Waals surface area contributed by atoms with Crippen LogP contribution in [0.5, 0.6) is 0 Å². The molecule has 116 valence electrons. The Bertz CT molecular complexity index is 601. The summed E-state index contributed by atoms with van der Waals surface area (Å²) in [5, 5.41) is 2.79. The predicted molar refractivity (Wildman–Crippen MR) is 86.6 cm³/mol. The summed E-state index contributed by atoms with van der Waals surface area (Å²) in [5.41, 5.74) is 0.669. The summed E-state index contributed by atoms with van der Waals surface area (Å²) in [6, 6.07) is 6.63. The third-order valence-corrected chi connectivity index (χ3v) is 6.04. The first kappa shape index (κ1) is 16.5. The van der Waals surface area contributed by atoms with Gasteiger partial charge in [0.25, 0.3) is 0 Å². The van der Waals surface area contributed by atoms with Crippen molar-refractivity contribution >= 4 is 37.5 Å². The Balaban J connectivity index is 2.09. The lowest BCUT2D eigenvalue weighted by Crippen LogP contribution is -2.44. The highest BCUT2D eigenvalue weighted by atomic mass is 79.9. The van der Waals surface area contributed by atoms with E-state index < -0.39 is 16.1 Å². The van der Waals surface area contributed by atoms with Crippen molar-refractivity contribution in [3.63, 3.8) is 0 Å². The number of carbonyl (C=O) groups is 1. The van der Waals surface area contributed by atoms with E-state index in [2.05, 4.69) is 21.2 Å².